The van der Waals surface area contributed by atoms with Crippen molar-refractivity contribution in [3.05, 3.63) is 28.8 Å². The summed E-state index contributed by atoms with van der Waals surface area (Å²) >= 11 is 0. The Labute approximate surface area is 137 Å². The molecule has 0 saturated carbocycles. The zero-order valence-electron chi connectivity index (χ0n) is 14.4. The minimum absolute atomic E-state index is 0.180. The summed E-state index contributed by atoms with van der Waals surface area (Å²) in [6.45, 7) is 8.94. The van der Waals surface area contributed by atoms with Gasteiger partial charge in [-0.3, -0.25) is 0 Å². The molecule has 1 aromatic rings. The third kappa shape index (κ3) is 6.08. The second kappa shape index (κ2) is 7.66. The fourth-order valence-corrected chi connectivity index (χ4v) is 2.18. The maximum absolute atomic E-state index is 11.5. The number of ether oxygens (including phenoxy) is 1. The van der Waals surface area contributed by atoms with Crippen molar-refractivity contribution in [2.24, 2.45) is 0 Å². The first-order valence-electron chi connectivity index (χ1n) is 7.64. The second-order valence-corrected chi connectivity index (χ2v) is 6.73. The third-order valence-electron chi connectivity index (χ3n) is 3.33. The van der Waals surface area contributed by atoms with Crippen LogP contribution in [-0.2, 0) is 4.74 Å². The van der Waals surface area contributed by atoms with Gasteiger partial charge < -0.3 is 25.4 Å². The second-order valence-electron chi connectivity index (χ2n) is 6.73. The van der Waals surface area contributed by atoms with Crippen LogP contribution in [0.15, 0.2) is 12.1 Å². The van der Waals surface area contributed by atoms with Gasteiger partial charge in [0.05, 0.1) is 6.10 Å². The quantitative estimate of drug-likeness (QED) is 0.666. The Hall–Kier alpha value is -1.79. The van der Waals surface area contributed by atoms with E-state index in [0.29, 0.717) is 16.7 Å². The maximum Gasteiger partial charge on any atom is 0.407 e. The number of carbonyl (C=O) groups is 1. The van der Waals surface area contributed by atoms with Crippen molar-refractivity contribution in [2.75, 3.05) is 6.54 Å². The fraction of sp³-hybridized carbons (Fsp3) is 0.588. The van der Waals surface area contributed by atoms with Gasteiger partial charge in [-0.05, 0) is 69.9 Å². The summed E-state index contributed by atoms with van der Waals surface area (Å²) in [6.07, 6.45) is -2.50. The van der Waals surface area contributed by atoms with Crippen molar-refractivity contribution in [3.63, 3.8) is 0 Å². The van der Waals surface area contributed by atoms with Crippen LogP contribution in [0, 0.1) is 13.8 Å². The normalized spacial score (nSPS) is 14.2. The highest BCUT2D eigenvalue weighted by Gasteiger charge is 2.21. The summed E-state index contributed by atoms with van der Waals surface area (Å²) in [7, 11) is 0. The van der Waals surface area contributed by atoms with E-state index < -0.39 is 23.9 Å². The number of nitrogens with one attached hydrogen (secondary N) is 1. The smallest absolute Gasteiger partial charge is 0.407 e. The molecule has 130 valence electrons. The number of hydrogen-bond acceptors (Lipinski definition) is 5. The molecule has 6 heteroatoms. The fourth-order valence-electron chi connectivity index (χ4n) is 2.18. The van der Waals surface area contributed by atoms with Gasteiger partial charge in [0, 0.05) is 6.54 Å². The molecule has 0 radical (unpaired) electrons. The molecule has 6 nitrogen and oxygen atoms in total. The number of aryl methyl sites for hydroxylation is 2. The number of hydrogen-bond donors (Lipinski definition) is 4. The Bertz CT molecular complexity index is 527. The first-order chi connectivity index (χ1) is 10.5. The van der Waals surface area contributed by atoms with Crippen LogP contribution in [0.1, 0.15) is 50.0 Å². The molecule has 1 amide bonds. The Morgan fingerprint density at radius 1 is 1.22 bits per heavy atom. The molecule has 0 heterocycles. The summed E-state index contributed by atoms with van der Waals surface area (Å²) in [6, 6.07) is 3.27. The molecular weight excluding hydrogens is 298 g/mol. The summed E-state index contributed by atoms with van der Waals surface area (Å²) in [5.41, 5.74) is 1.22. The van der Waals surface area contributed by atoms with Crippen molar-refractivity contribution >= 4 is 6.09 Å². The minimum atomic E-state index is -1.09. The highest BCUT2D eigenvalue weighted by atomic mass is 16.6. The number of aliphatic hydroxyl groups excluding tert-OH is 2. The van der Waals surface area contributed by atoms with Crippen LogP contribution in [0.25, 0.3) is 0 Å². The van der Waals surface area contributed by atoms with Gasteiger partial charge in [-0.1, -0.05) is 0 Å². The van der Waals surface area contributed by atoms with Crippen LogP contribution >= 0.6 is 0 Å². The van der Waals surface area contributed by atoms with Crippen molar-refractivity contribution in [1.29, 1.82) is 0 Å². The van der Waals surface area contributed by atoms with Crippen LogP contribution in [-0.4, -0.2) is 39.7 Å². The lowest BCUT2D eigenvalue weighted by molar-refractivity contribution is 0.0122. The monoisotopic (exact) mass is 325 g/mol. The van der Waals surface area contributed by atoms with E-state index in [9.17, 15) is 20.1 Å². The maximum atomic E-state index is 11.5. The highest BCUT2D eigenvalue weighted by molar-refractivity contribution is 5.67. The molecule has 23 heavy (non-hydrogen) atoms. The standard InChI is InChI=1S/C17H27NO5/c1-10-8-12(9-11(2)14(10)20)15(21)13(19)6-7-18-16(22)23-17(3,4)5/h8-9,13,15,19-21H,6-7H2,1-5H3,(H,18,22). The molecule has 0 aliphatic carbocycles. The molecule has 0 bridgehead atoms. The molecule has 2 unspecified atom stereocenters. The lowest BCUT2D eigenvalue weighted by Gasteiger charge is -2.21. The molecule has 0 saturated heterocycles. The number of phenols is 1. The Morgan fingerprint density at radius 2 is 1.74 bits per heavy atom. The average molecular weight is 325 g/mol. The van der Waals surface area contributed by atoms with Crippen molar-refractivity contribution in [1.82, 2.24) is 5.32 Å². The summed E-state index contributed by atoms with van der Waals surface area (Å²) in [4.78, 5) is 11.5. The first kappa shape index (κ1) is 19.3. The molecule has 0 aliphatic rings. The van der Waals surface area contributed by atoms with Crippen LogP contribution in [0.2, 0.25) is 0 Å². The molecule has 0 aliphatic heterocycles. The van der Waals surface area contributed by atoms with Crippen LogP contribution in [0.5, 0.6) is 5.75 Å². The summed E-state index contributed by atoms with van der Waals surface area (Å²) in [5, 5.41) is 32.5. The number of phenolic OH excluding ortho intramolecular Hbond substituents is 1. The molecule has 0 aromatic heterocycles. The van der Waals surface area contributed by atoms with E-state index in [-0.39, 0.29) is 18.7 Å². The summed E-state index contributed by atoms with van der Waals surface area (Å²) in [5.74, 6) is 0.182. The zero-order chi connectivity index (χ0) is 17.8. The number of amides is 1. The van der Waals surface area contributed by atoms with Crippen molar-refractivity contribution in [3.8, 4) is 5.75 Å². The first-order valence-corrected chi connectivity index (χ1v) is 7.64. The van der Waals surface area contributed by atoms with Gasteiger partial charge in [0.2, 0.25) is 0 Å². The van der Waals surface area contributed by atoms with Gasteiger partial charge in [0.1, 0.15) is 17.5 Å². The highest BCUT2D eigenvalue weighted by Crippen LogP contribution is 2.28. The van der Waals surface area contributed by atoms with Crippen molar-refractivity contribution in [2.45, 2.75) is 58.8 Å². The Morgan fingerprint density at radius 3 is 2.22 bits per heavy atom. The zero-order valence-corrected chi connectivity index (χ0v) is 14.4. The topological polar surface area (TPSA) is 99.0 Å². The van der Waals surface area contributed by atoms with E-state index in [1.165, 1.54) is 0 Å². The average Bonchev–Trinajstić information content (AvgIpc) is 2.41. The lowest BCUT2D eigenvalue weighted by Crippen LogP contribution is -2.34. The number of alkyl carbamates (subject to hydrolysis) is 1. The van der Waals surface area contributed by atoms with Crippen molar-refractivity contribution < 1.29 is 24.9 Å². The predicted octanol–water partition coefficient (Wildman–Crippen LogP) is 2.32. The Kier molecular flexibility index (Phi) is 6.41. The van der Waals surface area contributed by atoms with Gasteiger partial charge in [0.25, 0.3) is 0 Å². The van der Waals surface area contributed by atoms with Crippen LogP contribution in [0.4, 0.5) is 4.79 Å². The van der Waals surface area contributed by atoms with E-state index >= 15 is 0 Å². The molecule has 0 spiro atoms. The predicted molar refractivity (Wildman–Crippen MR) is 87.4 cm³/mol. The Balaban J connectivity index is 2.55. The van der Waals surface area contributed by atoms with E-state index in [2.05, 4.69) is 5.32 Å². The molecule has 4 N–H and O–H groups in total. The van der Waals surface area contributed by atoms with Crippen LogP contribution in [0.3, 0.4) is 0 Å². The lowest BCUT2D eigenvalue weighted by atomic mass is 9.97. The van der Waals surface area contributed by atoms with Gasteiger partial charge in [-0.25, -0.2) is 4.79 Å². The van der Waals surface area contributed by atoms with E-state index in [0.717, 1.165) is 0 Å². The molecule has 1 aromatic carbocycles. The minimum Gasteiger partial charge on any atom is -0.507 e. The largest absolute Gasteiger partial charge is 0.507 e. The van der Waals surface area contributed by atoms with E-state index in [4.69, 9.17) is 4.74 Å². The molecule has 2 atom stereocenters. The van der Waals surface area contributed by atoms with Crippen LogP contribution < -0.4 is 5.32 Å². The molecule has 1 rings (SSSR count). The number of rotatable bonds is 5. The number of carbonyl (C=O) groups excluding carboxylic acids is 1. The number of aliphatic hydroxyl groups is 2. The van der Waals surface area contributed by atoms with Gasteiger partial charge in [0.15, 0.2) is 0 Å². The van der Waals surface area contributed by atoms with Gasteiger partial charge >= 0.3 is 6.09 Å². The van der Waals surface area contributed by atoms with Gasteiger partial charge in [-0.15, -0.1) is 0 Å². The van der Waals surface area contributed by atoms with E-state index in [1.807, 2.05) is 0 Å². The van der Waals surface area contributed by atoms with E-state index in [1.54, 1.807) is 46.8 Å². The third-order valence-corrected chi connectivity index (χ3v) is 3.33. The number of benzene rings is 1. The number of aromatic hydroxyl groups is 1. The molecular formula is C17H27NO5. The molecule has 0 fully saturated rings. The van der Waals surface area contributed by atoms with Gasteiger partial charge in [-0.2, -0.15) is 0 Å². The SMILES string of the molecule is Cc1cc(C(O)C(O)CCNC(=O)OC(C)(C)C)cc(C)c1O. The summed E-state index contributed by atoms with van der Waals surface area (Å²) < 4.78 is 5.09.